The van der Waals surface area contributed by atoms with E-state index in [4.69, 9.17) is 14.2 Å². The lowest BCUT2D eigenvalue weighted by Gasteiger charge is -2.56. The van der Waals surface area contributed by atoms with E-state index in [0.717, 1.165) is 17.0 Å². The van der Waals surface area contributed by atoms with Crippen LogP contribution in [0.3, 0.4) is 0 Å². The Balaban J connectivity index is 1.60. The monoisotopic (exact) mass is 580 g/mol. The fourth-order valence-electron chi connectivity index (χ4n) is 8.57. The first-order valence-electron chi connectivity index (χ1n) is 13.4. The van der Waals surface area contributed by atoms with Crippen LogP contribution < -0.4 is 4.31 Å². The Morgan fingerprint density at radius 3 is 2.44 bits per heavy atom. The lowest BCUT2D eigenvalue weighted by atomic mass is 9.48. The molecule has 0 N–H and O–H groups in total. The second-order valence-corrected chi connectivity index (χ2v) is 13.3. The Kier molecular flexibility index (Phi) is 5.07. The van der Waals surface area contributed by atoms with E-state index >= 15 is 0 Å². The van der Waals surface area contributed by atoms with Gasteiger partial charge in [0.25, 0.3) is 10.0 Å². The molecule has 0 saturated carbocycles. The molecule has 4 saturated heterocycles. The second-order valence-electron chi connectivity index (χ2n) is 11.5. The number of para-hydroxylation sites is 1. The first-order valence-corrected chi connectivity index (χ1v) is 14.8. The molecule has 0 aromatic heterocycles. The molecule has 214 valence electrons. The van der Waals surface area contributed by atoms with Gasteiger partial charge >= 0.3 is 11.9 Å². The SMILES string of the molecule is COC(=O)C[C@@]12CCCN3C(=O)C[C@]45c6ccccc6N(S(=O)(=O)c6ccc(C)cc6)[C@H]4[C@](C(=O)OC)(O[C@@]315)C2=O. The minimum atomic E-state index is -4.41. The topological polar surface area (TPSA) is 137 Å². The molecule has 2 aromatic carbocycles. The Morgan fingerprint density at radius 2 is 1.76 bits per heavy atom. The molecule has 5 aliphatic heterocycles. The van der Waals surface area contributed by atoms with Gasteiger partial charge in [-0.3, -0.25) is 18.7 Å². The zero-order valence-electron chi connectivity index (χ0n) is 22.7. The van der Waals surface area contributed by atoms with Gasteiger partial charge in [0.15, 0.2) is 11.5 Å². The number of esters is 2. The normalized spacial score (nSPS) is 34.4. The van der Waals surface area contributed by atoms with Gasteiger partial charge in [0.2, 0.25) is 11.5 Å². The fraction of sp³-hybridized carbons (Fsp3) is 0.448. The minimum absolute atomic E-state index is 0.0478. The number of fused-ring (bicyclic) bond motifs is 3. The van der Waals surface area contributed by atoms with Gasteiger partial charge in [-0.1, -0.05) is 35.9 Å². The van der Waals surface area contributed by atoms with Crippen LogP contribution in [0.15, 0.2) is 53.4 Å². The van der Waals surface area contributed by atoms with Gasteiger partial charge in [0.05, 0.1) is 42.1 Å². The fourth-order valence-corrected chi connectivity index (χ4v) is 10.3. The summed E-state index contributed by atoms with van der Waals surface area (Å²) in [6, 6.07) is 11.5. The molecule has 11 nitrogen and oxygen atoms in total. The summed E-state index contributed by atoms with van der Waals surface area (Å²) < 4.78 is 47.0. The molecule has 2 aromatic rings. The van der Waals surface area contributed by atoms with E-state index in [2.05, 4.69) is 0 Å². The molecular weight excluding hydrogens is 552 g/mol. The van der Waals surface area contributed by atoms with Crippen molar-refractivity contribution >= 4 is 39.3 Å². The maximum absolute atomic E-state index is 14.9. The first kappa shape index (κ1) is 26.1. The highest BCUT2D eigenvalue weighted by Crippen LogP contribution is 2.79. The number of piperidine rings is 1. The van der Waals surface area contributed by atoms with Gasteiger partial charge in [-0.05, 0) is 43.5 Å². The summed E-state index contributed by atoms with van der Waals surface area (Å²) in [6.07, 6.45) is -0.134. The average molecular weight is 581 g/mol. The summed E-state index contributed by atoms with van der Waals surface area (Å²) in [5, 5.41) is 0. The van der Waals surface area contributed by atoms with Crippen LogP contribution in [-0.4, -0.2) is 75.1 Å². The third-order valence-electron chi connectivity index (χ3n) is 9.88. The van der Waals surface area contributed by atoms with Crippen molar-refractivity contribution in [3.63, 3.8) is 0 Å². The van der Waals surface area contributed by atoms with E-state index < -0.39 is 62.4 Å². The van der Waals surface area contributed by atoms with Crippen molar-refractivity contribution in [1.29, 1.82) is 0 Å². The summed E-state index contributed by atoms with van der Waals surface area (Å²) in [7, 11) is -2.11. The summed E-state index contributed by atoms with van der Waals surface area (Å²) in [4.78, 5) is 57.0. The van der Waals surface area contributed by atoms with E-state index in [1.54, 1.807) is 36.4 Å². The summed E-state index contributed by atoms with van der Waals surface area (Å²) in [6.45, 7) is 2.04. The van der Waals surface area contributed by atoms with Crippen molar-refractivity contribution in [1.82, 2.24) is 4.90 Å². The lowest BCUT2D eigenvalue weighted by molar-refractivity contribution is -0.212. The van der Waals surface area contributed by atoms with Crippen molar-refractivity contribution < 1.29 is 41.8 Å². The van der Waals surface area contributed by atoms with Gasteiger partial charge in [-0.25, -0.2) is 13.2 Å². The number of hydrogen-bond acceptors (Lipinski definition) is 9. The van der Waals surface area contributed by atoms with Gasteiger partial charge in [-0.2, -0.15) is 0 Å². The Hall–Kier alpha value is -3.77. The number of carbonyl (C=O) groups is 4. The maximum atomic E-state index is 14.9. The van der Waals surface area contributed by atoms with E-state index in [1.807, 2.05) is 6.92 Å². The van der Waals surface area contributed by atoms with Crippen LogP contribution in [0.25, 0.3) is 0 Å². The van der Waals surface area contributed by atoms with Crippen LogP contribution in [-0.2, 0) is 48.8 Å². The largest absolute Gasteiger partial charge is 0.469 e. The number of amides is 1. The third kappa shape index (κ3) is 2.58. The van der Waals surface area contributed by atoms with Crippen LogP contribution in [0.2, 0.25) is 0 Å². The molecule has 1 amide bonds. The number of Topliss-reactive ketones (excluding diaryl/α,β-unsaturated/α-hetero) is 1. The third-order valence-corrected chi connectivity index (χ3v) is 11.7. The molecule has 2 bridgehead atoms. The van der Waals surface area contributed by atoms with E-state index in [0.29, 0.717) is 12.0 Å². The van der Waals surface area contributed by atoms with E-state index in [1.165, 1.54) is 24.1 Å². The Bertz CT molecular complexity index is 1670. The molecule has 0 radical (unpaired) electrons. The van der Waals surface area contributed by atoms with Gasteiger partial charge in [0, 0.05) is 13.0 Å². The van der Waals surface area contributed by atoms with Crippen molar-refractivity contribution in [3.8, 4) is 0 Å². The van der Waals surface area contributed by atoms with E-state index in [-0.39, 0.29) is 35.9 Å². The zero-order valence-corrected chi connectivity index (χ0v) is 23.5. The van der Waals surface area contributed by atoms with Gasteiger partial charge in [0.1, 0.15) is 6.04 Å². The maximum Gasteiger partial charge on any atom is 0.348 e. The predicted molar refractivity (Wildman–Crippen MR) is 141 cm³/mol. The van der Waals surface area contributed by atoms with Crippen LogP contribution in [0.5, 0.6) is 0 Å². The minimum Gasteiger partial charge on any atom is -0.469 e. The molecule has 41 heavy (non-hydrogen) atoms. The Morgan fingerprint density at radius 1 is 1.05 bits per heavy atom. The number of methoxy groups -OCH3 is 2. The molecule has 5 atom stereocenters. The number of anilines is 1. The molecule has 7 rings (SSSR count). The summed E-state index contributed by atoms with van der Waals surface area (Å²) in [5.74, 6) is -2.88. The van der Waals surface area contributed by atoms with Crippen molar-refractivity contribution in [2.24, 2.45) is 5.41 Å². The first-order chi connectivity index (χ1) is 19.5. The molecule has 5 aliphatic rings. The van der Waals surface area contributed by atoms with Crippen molar-refractivity contribution in [2.45, 2.75) is 60.3 Å². The van der Waals surface area contributed by atoms with Crippen molar-refractivity contribution in [2.75, 3.05) is 25.1 Å². The number of rotatable bonds is 5. The smallest absolute Gasteiger partial charge is 0.348 e. The summed E-state index contributed by atoms with van der Waals surface area (Å²) >= 11 is 0. The van der Waals surface area contributed by atoms with Gasteiger partial charge in [-0.15, -0.1) is 0 Å². The number of aryl methyl sites for hydroxylation is 1. The van der Waals surface area contributed by atoms with Crippen molar-refractivity contribution in [3.05, 3.63) is 59.7 Å². The number of hydrogen-bond donors (Lipinski definition) is 0. The average Bonchev–Trinajstić information content (AvgIpc) is 3.57. The molecule has 0 aliphatic carbocycles. The number of nitrogens with zero attached hydrogens (tertiary/aromatic N) is 2. The molecule has 12 heteroatoms. The second kappa shape index (κ2) is 7.95. The molecule has 0 unspecified atom stereocenters. The van der Waals surface area contributed by atoms with Crippen LogP contribution in [0.1, 0.15) is 36.8 Å². The zero-order chi connectivity index (χ0) is 29.2. The standard InChI is InChI=1S/C29H28N2O9S/c1-17-9-11-18(12-10-17)41(36,37)31-20-8-5-4-7-19(20)27-15-21(32)30-14-6-13-26(16-22(33)38-2)24(34)28(23(27)31,25(35)39-3)40-29(26,27)30/h4-5,7-12,23H,6,13-16H2,1-3H3/t23-,26-,27+,28+,29+/m1/s1. The number of ether oxygens (including phenoxy) is 3. The highest BCUT2D eigenvalue weighted by Gasteiger charge is 2.97. The molecule has 4 fully saturated rings. The summed E-state index contributed by atoms with van der Waals surface area (Å²) in [5.41, 5.74) is -5.85. The van der Waals surface area contributed by atoms with Gasteiger partial charge < -0.3 is 19.1 Å². The molecule has 2 spiro atoms. The quantitative estimate of drug-likeness (QED) is 0.382. The van der Waals surface area contributed by atoms with Crippen LogP contribution in [0.4, 0.5) is 5.69 Å². The molecule has 5 heterocycles. The number of benzene rings is 2. The highest BCUT2D eigenvalue weighted by molar-refractivity contribution is 7.93. The van der Waals surface area contributed by atoms with Crippen LogP contribution in [0, 0.1) is 12.3 Å². The van der Waals surface area contributed by atoms with Crippen LogP contribution >= 0.6 is 0 Å². The number of ketones is 1. The predicted octanol–water partition coefficient (Wildman–Crippen LogP) is 1.61. The van der Waals surface area contributed by atoms with E-state index in [9.17, 15) is 27.6 Å². The number of carbonyl (C=O) groups excluding carboxylic acids is 4. The molecular formula is C29H28N2O9S. The number of sulfonamides is 1. The lowest BCUT2D eigenvalue weighted by Crippen LogP contribution is -2.75. The Labute approximate surface area is 236 Å². The highest BCUT2D eigenvalue weighted by atomic mass is 32.2.